The minimum atomic E-state index is 0.797. The third kappa shape index (κ3) is 6.71. The van der Waals surface area contributed by atoms with Gasteiger partial charge in [0.05, 0.1) is 5.69 Å². The molecule has 226 valence electrons. The Morgan fingerprint density at radius 1 is 0.617 bits per heavy atom. The summed E-state index contributed by atoms with van der Waals surface area (Å²) in [4.78, 5) is 0. The minimum absolute atomic E-state index is 0.797. The minimum Gasteiger partial charge on any atom is -0.361 e. The number of hydrogen-bond acceptors (Lipinski definition) is 1. The maximum Gasteiger partial charge on any atom is 0.0501 e. The van der Waals surface area contributed by atoms with Crippen molar-refractivity contribution in [1.29, 1.82) is 0 Å². The van der Waals surface area contributed by atoms with Crippen molar-refractivity contribution in [2.45, 2.75) is 12.8 Å². The summed E-state index contributed by atoms with van der Waals surface area (Å²) < 4.78 is 0. The molecule has 0 saturated carbocycles. The van der Waals surface area contributed by atoms with Gasteiger partial charge in [0.2, 0.25) is 0 Å². The molecule has 6 aromatic carbocycles. The first kappa shape index (κ1) is 29.8. The van der Waals surface area contributed by atoms with Crippen molar-refractivity contribution in [2.24, 2.45) is 0 Å². The molecule has 0 saturated heterocycles. The zero-order valence-corrected chi connectivity index (χ0v) is 26.4. The van der Waals surface area contributed by atoms with E-state index in [1.54, 1.807) is 0 Å². The van der Waals surface area contributed by atoms with Crippen molar-refractivity contribution < 1.29 is 0 Å². The summed E-state index contributed by atoms with van der Waals surface area (Å²) in [5.41, 5.74) is 10.6. The van der Waals surface area contributed by atoms with Crippen LogP contribution in [-0.4, -0.2) is 0 Å². The summed E-state index contributed by atoms with van der Waals surface area (Å²) in [7, 11) is 0. The van der Waals surface area contributed by atoms with Gasteiger partial charge in [-0.3, -0.25) is 0 Å². The van der Waals surface area contributed by atoms with Crippen molar-refractivity contribution in [2.75, 3.05) is 5.32 Å². The molecule has 0 amide bonds. The van der Waals surface area contributed by atoms with Crippen molar-refractivity contribution >= 4 is 38.9 Å². The monoisotopic (exact) mass is 603 g/mol. The van der Waals surface area contributed by atoms with E-state index in [9.17, 15) is 0 Å². The molecule has 1 heteroatoms. The Morgan fingerprint density at radius 3 is 2.04 bits per heavy atom. The first-order chi connectivity index (χ1) is 23.2. The van der Waals surface area contributed by atoms with Crippen LogP contribution in [0.4, 0.5) is 5.69 Å². The van der Waals surface area contributed by atoms with Crippen molar-refractivity contribution in [1.82, 2.24) is 0 Å². The van der Waals surface area contributed by atoms with Gasteiger partial charge < -0.3 is 5.32 Å². The fraction of sp³-hybridized carbons (Fsp3) is 0.0435. The standard InChI is InChI=1S/C46H37N/c1-34-27-29-36-18-8-9-21-38(36)33-45-43-25-11-10-23-41(43)42-24-12-13-26-44(42)46(45)47-31-15-14-22-39(32-34)40(37-19-6-3-7-20-37)30-28-35-16-4-2-5-17-35/h2-27,29-32,47H,1,28,33H2/b22-14-,29-27-,31-15+,39-32+,40-30-. The molecule has 0 aliphatic carbocycles. The van der Waals surface area contributed by atoms with Crippen LogP contribution < -0.4 is 5.32 Å². The highest BCUT2D eigenvalue weighted by Gasteiger charge is 2.15. The number of benzene rings is 6. The van der Waals surface area contributed by atoms with Gasteiger partial charge in [-0.05, 0) is 79.3 Å². The van der Waals surface area contributed by atoms with E-state index in [4.69, 9.17) is 0 Å². The van der Waals surface area contributed by atoms with E-state index in [1.807, 2.05) is 0 Å². The third-order valence-electron chi connectivity index (χ3n) is 8.77. The van der Waals surface area contributed by atoms with E-state index in [0.29, 0.717) is 0 Å². The Morgan fingerprint density at radius 2 is 1.26 bits per heavy atom. The van der Waals surface area contributed by atoms with Crippen LogP contribution in [0.2, 0.25) is 0 Å². The van der Waals surface area contributed by atoms with Crippen LogP contribution in [0.5, 0.6) is 0 Å². The second-order valence-corrected chi connectivity index (χ2v) is 11.9. The highest BCUT2D eigenvalue weighted by molar-refractivity contribution is 6.15. The molecule has 0 fully saturated rings. The van der Waals surface area contributed by atoms with Crippen LogP contribution in [0.15, 0.2) is 194 Å². The molecule has 6 aromatic rings. The Kier molecular flexibility index (Phi) is 8.88. The van der Waals surface area contributed by atoms with Crippen LogP contribution in [0.3, 0.4) is 0 Å². The second-order valence-electron chi connectivity index (χ2n) is 11.9. The smallest absolute Gasteiger partial charge is 0.0501 e. The van der Waals surface area contributed by atoms with Gasteiger partial charge in [0.25, 0.3) is 0 Å². The molecule has 1 heterocycles. The molecule has 47 heavy (non-hydrogen) atoms. The SMILES string of the molecule is C=C1/C=C\c2ccccc2Cc2c(c3ccccc3c3ccccc23)N/C=C/C=C\C(C(=C/Cc2ccccc2)\c2ccccc2)=C/1. The summed E-state index contributed by atoms with van der Waals surface area (Å²) in [6, 6.07) is 47.4. The number of fused-ring (bicyclic) bond motifs is 7. The molecule has 7 rings (SSSR count). The number of allylic oxidation sites excluding steroid dienone is 9. The zero-order valence-electron chi connectivity index (χ0n) is 26.4. The lowest BCUT2D eigenvalue weighted by Gasteiger charge is -2.18. The van der Waals surface area contributed by atoms with Gasteiger partial charge in [0.15, 0.2) is 0 Å². The molecular weight excluding hydrogens is 567 g/mol. The maximum atomic E-state index is 4.48. The second kappa shape index (κ2) is 14.0. The Labute approximate surface area is 277 Å². The summed E-state index contributed by atoms with van der Waals surface area (Å²) in [5, 5.41) is 8.74. The molecule has 1 nitrogen and oxygen atoms in total. The molecule has 0 unspecified atom stereocenters. The number of hydrogen-bond donors (Lipinski definition) is 1. The van der Waals surface area contributed by atoms with Crippen molar-refractivity contribution in [3.63, 3.8) is 0 Å². The predicted molar refractivity (Wildman–Crippen MR) is 203 cm³/mol. The summed E-state index contributed by atoms with van der Waals surface area (Å²) in [5.74, 6) is 0. The van der Waals surface area contributed by atoms with Crippen LogP contribution in [0.25, 0.3) is 33.2 Å². The van der Waals surface area contributed by atoms with Crippen LogP contribution >= 0.6 is 0 Å². The van der Waals surface area contributed by atoms with E-state index < -0.39 is 0 Å². The number of nitrogens with one attached hydrogen (secondary N) is 1. The number of rotatable bonds is 4. The van der Waals surface area contributed by atoms with E-state index >= 15 is 0 Å². The largest absolute Gasteiger partial charge is 0.361 e. The van der Waals surface area contributed by atoms with E-state index in [2.05, 4.69) is 194 Å². The molecule has 0 atom stereocenters. The maximum absolute atomic E-state index is 4.48. The Bertz CT molecular complexity index is 2210. The Balaban J connectivity index is 1.38. The highest BCUT2D eigenvalue weighted by Crippen LogP contribution is 2.38. The first-order valence-corrected chi connectivity index (χ1v) is 16.2. The normalized spacial score (nSPS) is 16.9. The predicted octanol–water partition coefficient (Wildman–Crippen LogP) is 11.9. The van der Waals surface area contributed by atoms with Crippen molar-refractivity contribution in [3.05, 3.63) is 222 Å². The van der Waals surface area contributed by atoms with Gasteiger partial charge in [-0.2, -0.15) is 0 Å². The van der Waals surface area contributed by atoms with Gasteiger partial charge in [-0.25, -0.2) is 0 Å². The van der Waals surface area contributed by atoms with E-state index in [0.717, 1.165) is 29.7 Å². The fourth-order valence-electron chi connectivity index (χ4n) is 6.47. The third-order valence-corrected chi connectivity index (χ3v) is 8.77. The van der Waals surface area contributed by atoms with Gasteiger partial charge in [0, 0.05) is 18.0 Å². The summed E-state index contributed by atoms with van der Waals surface area (Å²) in [6.45, 7) is 4.48. The molecule has 1 aliphatic heterocycles. The summed E-state index contributed by atoms with van der Waals surface area (Å²) in [6.07, 6.45) is 19.0. The highest BCUT2D eigenvalue weighted by atomic mass is 14.8. The number of anilines is 1. The quantitative estimate of drug-likeness (QED) is 0.198. The van der Waals surface area contributed by atoms with Gasteiger partial charge in [0.1, 0.15) is 0 Å². The van der Waals surface area contributed by atoms with Crippen molar-refractivity contribution in [3.8, 4) is 0 Å². The van der Waals surface area contributed by atoms with E-state index in [1.165, 1.54) is 54.9 Å². The Hall–Kier alpha value is -5.92. The van der Waals surface area contributed by atoms with E-state index in [-0.39, 0.29) is 0 Å². The average Bonchev–Trinajstić information content (AvgIpc) is 3.13. The van der Waals surface area contributed by atoms with Crippen LogP contribution in [0, 0.1) is 0 Å². The molecule has 0 aromatic heterocycles. The molecule has 1 aliphatic rings. The lowest BCUT2D eigenvalue weighted by Crippen LogP contribution is -2.01. The van der Waals surface area contributed by atoms with Gasteiger partial charge >= 0.3 is 0 Å². The molecule has 0 bridgehead atoms. The lowest BCUT2D eigenvalue weighted by molar-refractivity contribution is 1.21. The average molecular weight is 604 g/mol. The fourth-order valence-corrected chi connectivity index (χ4v) is 6.47. The van der Waals surface area contributed by atoms with Gasteiger partial charge in [-0.1, -0.05) is 170 Å². The molecule has 0 radical (unpaired) electrons. The molecule has 0 spiro atoms. The van der Waals surface area contributed by atoms with Crippen LogP contribution in [0.1, 0.15) is 27.8 Å². The zero-order chi connectivity index (χ0) is 31.8. The molecule has 1 N–H and O–H groups in total. The topological polar surface area (TPSA) is 12.0 Å². The molecular formula is C46H37N. The first-order valence-electron chi connectivity index (χ1n) is 16.2. The summed E-state index contributed by atoms with van der Waals surface area (Å²) >= 11 is 0. The van der Waals surface area contributed by atoms with Crippen LogP contribution in [-0.2, 0) is 12.8 Å². The van der Waals surface area contributed by atoms with Gasteiger partial charge in [-0.15, -0.1) is 0 Å². The lowest BCUT2D eigenvalue weighted by atomic mass is 9.90.